The van der Waals surface area contributed by atoms with Gasteiger partial charge in [0.25, 0.3) is 0 Å². The molecule has 2 heterocycles. The summed E-state index contributed by atoms with van der Waals surface area (Å²) in [6, 6.07) is 17.3. The number of hydrogen-bond donors (Lipinski definition) is 0. The molecule has 0 radical (unpaired) electrons. The Hall–Kier alpha value is -3.06. The molecule has 0 saturated carbocycles. The largest absolute Gasteiger partial charge is 0.493 e. The minimum atomic E-state index is -0.0310. The predicted molar refractivity (Wildman–Crippen MR) is 150 cm³/mol. The Morgan fingerprint density at radius 2 is 1.78 bits per heavy atom. The van der Waals surface area contributed by atoms with Crippen LogP contribution in [0.4, 0.5) is 5.69 Å². The summed E-state index contributed by atoms with van der Waals surface area (Å²) in [5.41, 5.74) is 4.25. The summed E-state index contributed by atoms with van der Waals surface area (Å²) >= 11 is 13.4. The number of quaternary nitrogens is 1. The van der Waals surface area contributed by atoms with Crippen LogP contribution in [0.2, 0.25) is 10.0 Å². The predicted octanol–water partition coefficient (Wildman–Crippen LogP) is 6.96. The Morgan fingerprint density at radius 1 is 1.03 bits per heavy atom. The molecular formula is C29H32Cl2N3O3+. The third-order valence-electron chi connectivity index (χ3n) is 6.71. The van der Waals surface area contributed by atoms with Crippen LogP contribution in [0.25, 0.3) is 5.65 Å². The maximum Gasteiger partial charge on any atom is 0.306 e. The van der Waals surface area contributed by atoms with Crippen LogP contribution in [0.1, 0.15) is 37.2 Å². The van der Waals surface area contributed by atoms with Crippen molar-refractivity contribution in [1.82, 2.24) is 13.9 Å². The van der Waals surface area contributed by atoms with Crippen LogP contribution in [0.5, 0.6) is 11.5 Å². The first kappa shape index (κ1) is 27.0. The van der Waals surface area contributed by atoms with Crippen LogP contribution >= 0.6 is 23.2 Å². The van der Waals surface area contributed by atoms with E-state index in [1.54, 1.807) is 20.3 Å². The molecule has 8 heteroatoms. The van der Waals surface area contributed by atoms with E-state index in [-0.39, 0.29) is 4.48 Å². The number of carbonyl (C=O) groups excluding carboxylic acids is 1. The summed E-state index contributed by atoms with van der Waals surface area (Å²) in [7, 11) is 3.10. The fourth-order valence-corrected chi connectivity index (χ4v) is 5.25. The van der Waals surface area contributed by atoms with Gasteiger partial charge in [-0.15, -0.1) is 0 Å². The van der Waals surface area contributed by atoms with E-state index in [9.17, 15) is 4.79 Å². The highest BCUT2D eigenvalue weighted by molar-refractivity contribution is 6.35. The third kappa shape index (κ3) is 5.47. The number of amides is 1. The molecule has 2 aromatic heterocycles. The van der Waals surface area contributed by atoms with Gasteiger partial charge in [0.15, 0.2) is 17.2 Å². The number of hydrogen-bond acceptors (Lipinski definition) is 4. The quantitative estimate of drug-likeness (QED) is 0.152. The van der Waals surface area contributed by atoms with Crippen LogP contribution < -0.4 is 14.0 Å². The second-order valence-electron chi connectivity index (χ2n) is 9.54. The summed E-state index contributed by atoms with van der Waals surface area (Å²) in [4.78, 5) is 18.1. The normalized spacial score (nSPS) is 13.1. The minimum absolute atomic E-state index is 0.0310. The standard InChI is InChI=1S/C29H32Cl2N3O3/c1-20(2)14-16-34(19-35,25-12-13-26(36-3)29(37-4)28(25)31)18-23-24(17-21-9-5-6-10-22(21)30)33-15-8-7-11-27(33)32-23/h5-13,15,19-20H,14,16-18H2,1-4H3/q+1. The number of carbonyl (C=O) groups is 1. The van der Waals surface area contributed by atoms with Gasteiger partial charge >= 0.3 is 6.41 Å². The third-order valence-corrected chi connectivity index (χ3v) is 7.45. The van der Waals surface area contributed by atoms with Crippen molar-refractivity contribution in [3.8, 4) is 11.5 Å². The molecule has 194 valence electrons. The van der Waals surface area contributed by atoms with Gasteiger partial charge in [-0.05, 0) is 42.2 Å². The van der Waals surface area contributed by atoms with Crippen molar-refractivity contribution < 1.29 is 14.3 Å². The molecule has 37 heavy (non-hydrogen) atoms. The number of pyridine rings is 1. The van der Waals surface area contributed by atoms with E-state index in [4.69, 9.17) is 37.7 Å². The molecule has 0 bridgehead atoms. The molecule has 0 aliphatic heterocycles. The maximum atomic E-state index is 13.1. The summed E-state index contributed by atoms with van der Waals surface area (Å²) in [5, 5.41) is 1.05. The summed E-state index contributed by atoms with van der Waals surface area (Å²) < 4.78 is 13.0. The molecule has 0 aliphatic carbocycles. The molecule has 0 aliphatic rings. The number of halogens is 2. The van der Waals surface area contributed by atoms with Gasteiger partial charge in [-0.3, -0.25) is 0 Å². The molecule has 0 saturated heterocycles. The fourth-order valence-electron chi connectivity index (χ4n) is 4.64. The summed E-state index contributed by atoms with van der Waals surface area (Å²) in [6.45, 7) is 5.16. The molecule has 1 unspecified atom stereocenters. The molecule has 4 aromatic rings. The Kier molecular flexibility index (Phi) is 8.42. The summed E-state index contributed by atoms with van der Waals surface area (Å²) in [5.74, 6) is 1.30. The number of benzene rings is 2. The van der Waals surface area contributed by atoms with Gasteiger partial charge in [0, 0.05) is 23.7 Å². The lowest BCUT2D eigenvalue weighted by atomic mass is 10.1. The average Bonchev–Trinajstić information content (AvgIpc) is 3.24. The van der Waals surface area contributed by atoms with Crippen molar-refractivity contribution in [2.45, 2.75) is 33.2 Å². The Bertz CT molecular complexity index is 1400. The Labute approximate surface area is 227 Å². The van der Waals surface area contributed by atoms with Gasteiger partial charge in [-0.1, -0.05) is 61.3 Å². The van der Waals surface area contributed by atoms with E-state index in [1.807, 2.05) is 54.7 Å². The maximum absolute atomic E-state index is 13.1. The van der Waals surface area contributed by atoms with Gasteiger partial charge in [0.1, 0.15) is 22.9 Å². The number of rotatable bonds is 11. The number of aromatic nitrogens is 2. The molecule has 0 fully saturated rings. The van der Waals surface area contributed by atoms with E-state index in [2.05, 4.69) is 18.2 Å². The van der Waals surface area contributed by atoms with Crippen LogP contribution in [-0.2, 0) is 17.8 Å². The van der Waals surface area contributed by atoms with E-state index in [0.29, 0.717) is 52.7 Å². The first-order valence-electron chi connectivity index (χ1n) is 12.3. The lowest BCUT2D eigenvalue weighted by Crippen LogP contribution is -2.49. The number of fused-ring (bicyclic) bond motifs is 1. The molecule has 6 nitrogen and oxygen atoms in total. The lowest BCUT2D eigenvalue weighted by Gasteiger charge is -2.33. The van der Waals surface area contributed by atoms with Crippen LogP contribution in [0.3, 0.4) is 0 Å². The molecule has 1 amide bonds. The van der Waals surface area contributed by atoms with Gasteiger partial charge < -0.3 is 13.9 Å². The van der Waals surface area contributed by atoms with E-state index < -0.39 is 0 Å². The Morgan fingerprint density at radius 3 is 2.46 bits per heavy atom. The van der Waals surface area contributed by atoms with Gasteiger partial charge in [-0.2, -0.15) is 0 Å². The molecule has 2 aromatic carbocycles. The van der Waals surface area contributed by atoms with Crippen molar-refractivity contribution in [1.29, 1.82) is 0 Å². The smallest absolute Gasteiger partial charge is 0.306 e. The highest BCUT2D eigenvalue weighted by Crippen LogP contribution is 2.44. The zero-order chi connectivity index (χ0) is 26.6. The van der Waals surface area contributed by atoms with Gasteiger partial charge in [-0.25, -0.2) is 14.3 Å². The fraction of sp³-hybridized carbons (Fsp3) is 0.310. The summed E-state index contributed by atoms with van der Waals surface area (Å²) in [6.07, 6.45) is 4.35. The van der Waals surface area contributed by atoms with Gasteiger partial charge in [0.2, 0.25) is 0 Å². The van der Waals surface area contributed by atoms with Gasteiger partial charge in [0.05, 0.1) is 26.5 Å². The van der Waals surface area contributed by atoms with Crippen LogP contribution in [0, 0.1) is 5.92 Å². The Balaban J connectivity index is 1.89. The van der Waals surface area contributed by atoms with Crippen LogP contribution in [-0.4, -0.2) is 36.6 Å². The first-order valence-corrected chi connectivity index (χ1v) is 13.0. The van der Waals surface area contributed by atoms with E-state index in [1.165, 1.54) is 0 Å². The first-order chi connectivity index (χ1) is 17.8. The molecule has 0 spiro atoms. The molecular weight excluding hydrogens is 509 g/mol. The SMILES string of the molecule is COc1ccc([N+](C=O)(CCC(C)C)Cc2nc3ccccn3c2Cc2ccccc2Cl)c(Cl)c1OC. The monoisotopic (exact) mass is 540 g/mol. The van der Waals surface area contributed by atoms with Crippen molar-refractivity contribution in [3.05, 3.63) is 87.8 Å². The number of methoxy groups -OCH3 is 2. The molecule has 4 rings (SSSR count). The topological polar surface area (TPSA) is 52.8 Å². The second-order valence-corrected chi connectivity index (χ2v) is 10.3. The van der Waals surface area contributed by atoms with Crippen molar-refractivity contribution >= 4 is 40.9 Å². The minimum Gasteiger partial charge on any atom is -0.493 e. The van der Waals surface area contributed by atoms with Crippen LogP contribution in [0.15, 0.2) is 60.8 Å². The van der Waals surface area contributed by atoms with Crippen molar-refractivity contribution in [3.63, 3.8) is 0 Å². The highest BCUT2D eigenvalue weighted by Gasteiger charge is 2.37. The molecule has 1 atom stereocenters. The van der Waals surface area contributed by atoms with Crippen molar-refractivity contribution in [2.24, 2.45) is 5.92 Å². The average molecular weight is 541 g/mol. The second kappa shape index (κ2) is 11.5. The number of ether oxygens (including phenoxy) is 2. The highest BCUT2D eigenvalue weighted by atomic mass is 35.5. The number of imidazole rings is 1. The zero-order valence-corrected chi connectivity index (χ0v) is 23.1. The number of nitrogens with zero attached hydrogens (tertiary/aromatic N) is 3. The van der Waals surface area contributed by atoms with E-state index >= 15 is 0 Å². The van der Waals surface area contributed by atoms with Crippen molar-refractivity contribution in [2.75, 3.05) is 20.8 Å². The lowest BCUT2D eigenvalue weighted by molar-refractivity contribution is -0.118. The van der Waals surface area contributed by atoms with E-state index in [0.717, 1.165) is 35.4 Å². The molecule has 0 N–H and O–H groups in total. The zero-order valence-electron chi connectivity index (χ0n) is 21.6.